The van der Waals surface area contributed by atoms with Gasteiger partial charge < -0.3 is 10.6 Å². The number of aromatic nitrogens is 1. The van der Waals surface area contributed by atoms with Crippen molar-refractivity contribution in [3.63, 3.8) is 0 Å². The van der Waals surface area contributed by atoms with Crippen molar-refractivity contribution >= 4 is 51.8 Å². The van der Waals surface area contributed by atoms with E-state index in [0.29, 0.717) is 16.3 Å². The number of carbonyl (C=O) groups is 2. The number of carbonyl (C=O) groups excluding carboxylic acids is 2. The number of amides is 2. The fourth-order valence-electron chi connectivity index (χ4n) is 3.23. The number of rotatable bonds is 7. The van der Waals surface area contributed by atoms with Crippen LogP contribution in [-0.4, -0.2) is 22.8 Å². The molecular formula is C25H22ClN3O2S2. The van der Waals surface area contributed by atoms with E-state index in [1.807, 2.05) is 61.7 Å². The van der Waals surface area contributed by atoms with Gasteiger partial charge in [0.15, 0.2) is 0 Å². The Hall–Kier alpha value is -3.00. The zero-order valence-electron chi connectivity index (χ0n) is 18.1. The first-order valence-corrected chi connectivity index (χ1v) is 12.5. The lowest BCUT2D eigenvalue weighted by Gasteiger charge is -2.11. The predicted molar refractivity (Wildman–Crippen MR) is 137 cm³/mol. The molecule has 8 heteroatoms. The Morgan fingerprint density at radius 2 is 1.85 bits per heavy atom. The molecule has 0 aliphatic carbocycles. The van der Waals surface area contributed by atoms with E-state index in [-0.39, 0.29) is 24.3 Å². The molecule has 4 rings (SSSR count). The molecule has 0 saturated heterocycles. The molecule has 0 radical (unpaired) electrons. The molecule has 168 valence electrons. The second-order valence-electron chi connectivity index (χ2n) is 7.68. The number of benzene rings is 2. The standard InChI is InChI=1S/C25H22ClN3O2S2/c1-15(2)27-24(31)17-10-11-18(26)19(13-17)28-22(30)14-21-23(20-9-6-12-32-20)29-25(33-21)16-7-4-3-5-8-16/h3-13,15H,14H2,1-2H3,(H,27,31)(H,28,30). The topological polar surface area (TPSA) is 71.1 Å². The highest BCUT2D eigenvalue weighted by molar-refractivity contribution is 7.17. The number of thiazole rings is 1. The summed E-state index contributed by atoms with van der Waals surface area (Å²) in [5.41, 5.74) is 2.68. The average Bonchev–Trinajstić information content (AvgIpc) is 3.45. The molecule has 0 atom stereocenters. The molecule has 0 saturated carbocycles. The number of nitrogens with one attached hydrogen (secondary N) is 2. The zero-order valence-corrected chi connectivity index (χ0v) is 20.5. The van der Waals surface area contributed by atoms with Gasteiger partial charge in [0.05, 0.1) is 27.7 Å². The van der Waals surface area contributed by atoms with Crippen molar-refractivity contribution in [3.8, 4) is 21.1 Å². The Kier molecular flexibility index (Phi) is 7.23. The van der Waals surface area contributed by atoms with Gasteiger partial charge in [-0.15, -0.1) is 22.7 Å². The largest absolute Gasteiger partial charge is 0.350 e. The molecule has 4 aromatic rings. The van der Waals surface area contributed by atoms with Crippen LogP contribution in [0, 0.1) is 0 Å². The first kappa shape index (κ1) is 23.2. The average molecular weight is 496 g/mol. The Morgan fingerprint density at radius 3 is 2.55 bits per heavy atom. The molecule has 2 amide bonds. The summed E-state index contributed by atoms with van der Waals surface area (Å²) in [6.45, 7) is 3.78. The summed E-state index contributed by atoms with van der Waals surface area (Å²) in [5, 5.41) is 8.93. The van der Waals surface area contributed by atoms with E-state index in [1.54, 1.807) is 29.5 Å². The van der Waals surface area contributed by atoms with Gasteiger partial charge >= 0.3 is 0 Å². The van der Waals surface area contributed by atoms with Crippen LogP contribution in [0.2, 0.25) is 5.02 Å². The Labute approximate surface area is 205 Å². The highest BCUT2D eigenvalue weighted by Gasteiger charge is 2.19. The molecular weight excluding hydrogens is 474 g/mol. The molecule has 0 fully saturated rings. The molecule has 2 aromatic heterocycles. The van der Waals surface area contributed by atoms with E-state index in [4.69, 9.17) is 16.6 Å². The number of nitrogens with zero attached hydrogens (tertiary/aromatic N) is 1. The van der Waals surface area contributed by atoms with Gasteiger partial charge in [-0.25, -0.2) is 4.98 Å². The Balaban J connectivity index is 1.58. The van der Waals surface area contributed by atoms with Crippen LogP contribution in [-0.2, 0) is 11.2 Å². The molecule has 2 aromatic carbocycles. The van der Waals surface area contributed by atoms with Crippen LogP contribution in [0.25, 0.3) is 21.1 Å². The van der Waals surface area contributed by atoms with Crippen molar-refractivity contribution < 1.29 is 9.59 Å². The summed E-state index contributed by atoms with van der Waals surface area (Å²) >= 11 is 9.39. The SMILES string of the molecule is CC(C)NC(=O)c1ccc(Cl)c(NC(=O)Cc2sc(-c3ccccc3)nc2-c2cccs2)c1. The Morgan fingerprint density at radius 1 is 1.06 bits per heavy atom. The normalized spacial score (nSPS) is 10.9. The minimum atomic E-state index is -0.223. The van der Waals surface area contributed by atoms with Crippen LogP contribution in [0.4, 0.5) is 5.69 Å². The van der Waals surface area contributed by atoms with Gasteiger partial charge in [-0.2, -0.15) is 0 Å². The minimum absolute atomic E-state index is 0.00651. The van der Waals surface area contributed by atoms with Gasteiger partial charge in [0.25, 0.3) is 5.91 Å². The van der Waals surface area contributed by atoms with Crippen molar-refractivity contribution in [1.82, 2.24) is 10.3 Å². The highest BCUT2D eigenvalue weighted by atomic mass is 35.5. The molecule has 0 aliphatic rings. The summed E-state index contributed by atoms with van der Waals surface area (Å²) in [7, 11) is 0. The molecule has 0 unspecified atom stereocenters. The van der Waals surface area contributed by atoms with Crippen molar-refractivity contribution in [2.75, 3.05) is 5.32 Å². The molecule has 2 heterocycles. The van der Waals surface area contributed by atoms with Crippen LogP contribution in [0.3, 0.4) is 0 Å². The van der Waals surface area contributed by atoms with Crippen LogP contribution in [0.5, 0.6) is 0 Å². The molecule has 0 aliphatic heterocycles. The van der Waals surface area contributed by atoms with Crippen LogP contribution >= 0.6 is 34.3 Å². The van der Waals surface area contributed by atoms with E-state index in [2.05, 4.69) is 10.6 Å². The summed E-state index contributed by atoms with van der Waals surface area (Å²) in [6.07, 6.45) is 0.149. The zero-order chi connectivity index (χ0) is 23.4. The van der Waals surface area contributed by atoms with Crippen LogP contribution < -0.4 is 10.6 Å². The van der Waals surface area contributed by atoms with Crippen molar-refractivity contribution in [1.29, 1.82) is 0 Å². The lowest BCUT2D eigenvalue weighted by molar-refractivity contribution is -0.115. The molecule has 0 bridgehead atoms. The lowest BCUT2D eigenvalue weighted by atomic mass is 10.1. The summed E-state index contributed by atoms with van der Waals surface area (Å²) in [5.74, 6) is -0.438. The van der Waals surface area contributed by atoms with Gasteiger partial charge in [0, 0.05) is 22.0 Å². The van der Waals surface area contributed by atoms with Crippen molar-refractivity contribution in [3.05, 3.63) is 81.5 Å². The van der Waals surface area contributed by atoms with Crippen LogP contribution in [0.1, 0.15) is 29.1 Å². The van der Waals surface area contributed by atoms with Crippen molar-refractivity contribution in [2.45, 2.75) is 26.3 Å². The molecule has 0 spiro atoms. The van der Waals surface area contributed by atoms with Crippen LogP contribution in [0.15, 0.2) is 66.0 Å². The maximum absolute atomic E-state index is 13.0. The summed E-state index contributed by atoms with van der Waals surface area (Å²) < 4.78 is 0. The Bertz CT molecular complexity index is 1270. The van der Waals surface area contributed by atoms with Gasteiger partial charge in [0.1, 0.15) is 5.01 Å². The number of anilines is 1. The third-order valence-electron chi connectivity index (χ3n) is 4.72. The van der Waals surface area contributed by atoms with E-state index in [1.165, 1.54) is 11.3 Å². The predicted octanol–water partition coefficient (Wildman–Crippen LogP) is 6.51. The van der Waals surface area contributed by atoms with E-state index in [0.717, 1.165) is 26.0 Å². The summed E-state index contributed by atoms with van der Waals surface area (Å²) in [6, 6.07) is 18.8. The highest BCUT2D eigenvalue weighted by Crippen LogP contribution is 2.36. The molecule has 2 N–H and O–H groups in total. The van der Waals surface area contributed by atoms with E-state index in [9.17, 15) is 9.59 Å². The fraction of sp³-hybridized carbons (Fsp3) is 0.160. The second kappa shape index (κ2) is 10.3. The lowest BCUT2D eigenvalue weighted by Crippen LogP contribution is -2.30. The number of halogens is 1. The van der Waals surface area contributed by atoms with E-state index < -0.39 is 0 Å². The third-order valence-corrected chi connectivity index (χ3v) is 7.03. The van der Waals surface area contributed by atoms with Gasteiger partial charge in [-0.05, 0) is 43.5 Å². The van der Waals surface area contributed by atoms with Crippen molar-refractivity contribution in [2.24, 2.45) is 0 Å². The fourth-order valence-corrected chi connectivity index (χ4v) is 5.28. The maximum atomic E-state index is 13.0. The number of thiophene rings is 1. The number of hydrogen-bond donors (Lipinski definition) is 2. The smallest absolute Gasteiger partial charge is 0.251 e. The van der Waals surface area contributed by atoms with Gasteiger partial charge in [0.2, 0.25) is 5.91 Å². The van der Waals surface area contributed by atoms with Gasteiger partial charge in [-0.1, -0.05) is 48.0 Å². The second-order valence-corrected chi connectivity index (χ2v) is 10.1. The number of hydrogen-bond acceptors (Lipinski definition) is 5. The minimum Gasteiger partial charge on any atom is -0.350 e. The summed E-state index contributed by atoms with van der Waals surface area (Å²) in [4.78, 5) is 32.0. The van der Waals surface area contributed by atoms with E-state index >= 15 is 0 Å². The molecule has 5 nitrogen and oxygen atoms in total. The maximum Gasteiger partial charge on any atom is 0.251 e. The third kappa shape index (κ3) is 5.68. The quantitative estimate of drug-likeness (QED) is 0.307. The first-order valence-electron chi connectivity index (χ1n) is 10.4. The first-order chi connectivity index (χ1) is 15.9. The monoisotopic (exact) mass is 495 g/mol. The molecule has 33 heavy (non-hydrogen) atoms. The van der Waals surface area contributed by atoms with Gasteiger partial charge in [-0.3, -0.25) is 9.59 Å².